The summed E-state index contributed by atoms with van der Waals surface area (Å²) in [6.07, 6.45) is 0. The molecule has 0 bridgehead atoms. The molecule has 344 valence electrons. The van der Waals surface area contributed by atoms with Gasteiger partial charge in [-0.2, -0.15) is 27.1 Å². The highest BCUT2D eigenvalue weighted by atomic mass is 32.3. The molecule has 0 aliphatic heterocycles. The Morgan fingerprint density at radius 1 is 0.762 bits per heavy atom. The van der Waals surface area contributed by atoms with E-state index in [1.165, 1.54) is 73.8 Å². The average Bonchev–Trinajstić information content (AvgIpc) is 3.22. The first-order valence-corrected chi connectivity index (χ1v) is 24.8. The summed E-state index contributed by atoms with van der Waals surface area (Å²) in [7, 11) is -15.9. The summed E-state index contributed by atoms with van der Waals surface area (Å²) < 4.78 is 130. The van der Waals surface area contributed by atoms with Crippen molar-refractivity contribution in [3.05, 3.63) is 72.3 Å². The third kappa shape index (κ3) is 16.2. The molecule has 63 heavy (non-hydrogen) atoms. The van der Waals surface area contributed by atoms with Gasteiger partial charge in [0.1, 0.15) is 17.3 Å². The minimum Gasteiger partial charge on any atom is -0.505 e. The molecule has 0 aliphatic carbocycles. The first kappa shape index (κ1) is 51.1. The quantitative estimate of drug-likeness (QED) is 0.0125. The standard InChI is InChI=1S/C31H34N6O20S6/c1-37(11-14-60(42,43)15-13-53-63(49,50)51)31(39)20-3-2-4-22(17-20)34-36-29-27(58-56-54-40)18-25-24(30(29)38)9-10-26(32-19-62(46,47)48)28(25)35-33-21-5-7-23(8-6-21)61(44,45)16-12-52-59-57-55-41/h2-10,17-18,32,38,40-41H,11-16,19H2,1H3,(H,46,47,48)(H,49,50,51)/b35-33+,36-34+. The van der Waals surface area contributed by atoms with Crippen molar-refractivity contribution in [1.29, 1.82) is 0 Å². The van der Waals surface area contributed by atoms with Crippen molar-refractivity contribution in [3.63, 3.8) is 0 Å². The van der Waals surface area contributed by atoms with E-state index in [-0.39, 0.29) is 80.0 Å². The van der Waals surface area contributed by atoms with Gasteiger partial charge in [-0.1, -0.05) is 16.1 Å². The van der Waals surface area contributed by atoms with Crippen LogP contribution in [0.3, 0.4) is 0 Å². The van der Waals surface area contributed by atoms with Gasteiger partial charge >= 0.3 is 10.4 Å². The van der Waals surface area contributed by atoms with Crippen LogP contribution in [0.25, 0.3) is 10.8 Å². The molecular formula is C31H34N6O20S6. The van der Waals surface area contributed by atoms with Gasteiger partial charge < -0.3 is 15.3 Å². The summed E-state index contributed by atoms with van der Waals surface area (Å²) >= 11 is 0.537. The van der Waals surface area contributed by atoms with E-state index >= 15 is 0 Å². The van der Waals surface area contributed by atoms with Crippen molar-refractivity contribution in [2.75, 3.05) is 55.3 Å². The number of sulfone groups is 2. The molecule has 0 heterocycles. The number of carbonyl (C=O) groups is 1. The Labute approximate surface area is 366 Å². The average molecular weight is 1000 g/mol. The molecule has 6 N–H and O–H groups in total. The van der Waals surface area contributed by atoms with E-state index in [1.54, 1.807) is 0 Å². The minimum absolute atomic E-state index is 0.0207. The molecule has 0 aromatic heterocycles. The maximum absolute atomic E-state index is 13.1. The molecular weight excluding hydrogens is 969 g/mol. The fourth-order valence-electron chi connectivity index (χ4n) is 4.97. The van der Waals surface area contributed by atoms with Crippen molar-refractivity contribution < 1.29 is 90.3 Å². The van der Waals surface area contributed by atoms with Crippen LogP contribution in [-0.2, 0) is 67.3 Å². The SMILES string of the molecule is CN(CCS(=O)(=O)CCOS(=O)(=O)O)C(=O)c1cccc(/N=N/c2c(SOOO)cc3c(/N=N/c4ccc(S(=O)(=O)CCOSOOO)cc4)c(NCS(=O)(=O)O)ccc3c2O)c1. The molecule has 1 amide bonds. The summed E-state index contributed by atoms with van der Waals surface area (Å²) in [5, 5.41) is 54.7. The number of benzene rings is 4. The second-order valence-electron chi connectivity index (χ2n) is 12.2. The molecule has 0 saturated carbocycles. The largest absolute Gasteiger partial charge is 0.505 e. The fraction of sp³-hybridized carbons (Fsp3) is 0.258. The highest BCUT2D eigenvalue weighted by Crippen LogP contribution is 2.48. The van der Waals surface area contributed by atoms with E-state index in [2.05, 4.69) is 48.7 Å². The van der Waals surface area contributed by atoms with Gasteiger partial charge in [-0.3, -0.25) is 18.1 Å². The van der Waals surface area contributed by atoms with Crippen LogP contribution in [0.15, 0.2) is 97.0 Å². The van der Waals surface area contributed by atoms with Crippen LogP contribution in [0.2, 0.25) is 0 Å². The molecule has 4 aromatic rings. The number of rotatable bonds is 25. The van der Waals surface area contributed by atoms with Crippen molar-refractivity contribution in [1.82, 2.24) is 4.90 Å². The van der Waals surface area contributed by atoms with Crippen LogP contribution < -0.4 is 5.32 Å². The van der Waals surface area contributed by atoms with Crippen molar-refractivity contribution in [2.45, 2.75) is 9.79 Å². The number of azo groups is 2. The monoisotopic (exact) mass is 1000 g/mol. The lowest BCUT2D eigenvalue weighted by Gasteiger charge is -2.17. The third-order valence-electron chi connectivity index (χ3n) is 7.88. The van der Waals surface area contributed by atoms with Crippen molar-refractivity contribution in [3.8, 4) is 5.75 Å². The van der Waals surface area contributed by atoms with E-state index in [1.807, 2.05) is 0 Å². The van der Waals surface area contributed by atoms with Gasteiger partial charge in [0.2, 0.25) is 0 Å². The summed E-state index contributed by atoms with van der Waals surface area (Å²) in [6, 6.07) is 14.6. The zero-order valence-electron chi connectivity index (χ0n) is 31.8. The van der Waals surface area contributed by atoms with Crippen LogP contribution in [-0.4, -0.2) is 119 Å². The zero-order chi connectivity index (χ0) is 46.4. The second-order valence-corrected chi connectivity index (χ2v) is 20.4. The molecule has 0 atom stereocenters. The van der Waals surface area contributed by atoms with Gasteiger partial charge in [0, 0.05) is 29.9 Å². The number of phenols is 1. The van der Waals surface area contributed by atoms with Crippen LogP contribution in [0.1, 0.15) is 10.4 Å². The third-order valence-corrected chi connectivity index (χ3v) is 13.1. The maximum atomic E-state index is 13.1. The molecule has 4 rings (SSSR count). The van der Waals surface area contributed by atoms with Gasteiger partial charge in [-0.25, -0.2) is 31.5 Å². The molecule has 32 heteroatoms. The van der Waals surface area contributed by atoms with E-state index in [4.69, 9.17) is 19.3 Å². The Kier molecular flexibility index (Phi) is 18.6. The van der Waals surface area contributed by atoms with Crippen molar-refractivity contribution in [2.24, 2.45) is 20.5 Å². The Bertz CT molecular complexity index is 2760. The highest BCUT2D eigenvalue weighted by Gasteiger charge is 2.22. The lowest BCUT2D eigenvalue weighted by atomic mass is 10.1. The zero-order valence-corrected chi connectivity index (χ0v) is 36.7. The van der Waals surface area contributed by atoms with E-state index in [0.29, 0.717) is 12.0 Å². The number of amides is 1. The number of hydrogen-bond donors (Lipinski definition) is 6. The van der Waals surface area contributed by atoms with Gasteiger partial charge in [0.05, 0.1) is 69.4 Å². The lowest BCUT2D eigenvalue weighted by molar-refractivity contribution is -0.434. The molecule has 0 saturated heterocycles. The van der Waals surface area contributed by atoms with Crippen molar-refractivity contribution >= 4 is 110 Å². The number of nitrogens with one attached hydrogen (secondary N) is 1. The van der Waals surface area contributed by atoms with Gasteiger partial charge in [0.25, 0.3) is 16.0 Å². The maximum Gasteiger partial charge on any atom is 0.397 e. The lowest BCUT2D eigenvalue weighted by Crippen LogP contribution is -2.32. The topological polar surface area (TPSA) is 375 Å². The number of hydrogen-bond acceptors (Lipinski definition) is 25. The fourth-order valence-corrected chi connectivity index (χ4v) is 8.69. The van der Waals surface area contributed by atoms with E-state index < -0.39 is 81.6 Å². The van der Waals surface area contributed by atoms with E-state index in [9.17, 15) is 48.1 Å². The Balaban J connectivity index is 1.65. The Morgan fingerprint density at radius 3 is 2.11 bits per heavy atom. The molecule has 0 unspecified atom stereocenters. The predicted molar refractivity (Wildman–Crippen MR) is 221 cm³/mol. The van der Waals surface area contributed by atoms with E-state index in [0.717, 1.165) is 4.90 Å². The van der Waals surface area contributed by atoms with Gasteiger partial charge in [-0.05, 0) is 60.7 Å². The Morgan fingerprint density at radius 2 is 1.44 bits per heavy atom. The first-order valence-electron chi connectivity index (χ1n) is 16.9. The first-order chi connectivity index (χ1) is 29.6. The summed E-state index contributed by atoms with van der Waals surface area (Å²) in [5.41, 5.74) is -0.232. The molecule has 0 radical (unpaired) electrons. The van der Waals surface area contributed by atoms with Crippen LogP contribution in [0, 0.1) is 0 Å². The number of carbonyl (C=O) groups excluding carboxylic acids is 1. The second kappa shape index (κ2) is 22.9. The van der Waals surface area contributed by atoms with Crippen LogP contribution >= 0.6 is 24.4 Å². The molecule has 0 spiro atoms. The van der Waals surface area contributed by atoms with Crippen LogP contribution in [0.4, 0.5) is 28.4 Å². The number of aromatic hydroxyl groups is 1. The smallest absolute Gasteiger partial charge is 0.397 e. The molecule has 0 fully saturated rings. The number of phenolic OH excluding ortho intramolecular Hbond substituents is 1. The Hall–Kier alpha value is -4.49. The highest BCUT2D eigenvalue weighted by molar-refractivity contribution is 7.94. The number of fused-ring (bicyclic) bond motifs is 1. The van der Waals surface area contributed by atoms with Gasteiger partial charge in [-0.15, -0.1) is 18.9 Å². The summed E-state index contributed by atoms with van der Waals surface area (Å²) in [6.45, 7) is -1.46. The molecule has 26 nitrogen and oxygen atoms in total. The number of nitrogens with zero attached hydrogens (tertiary/aromatic N) is 5. The number of anilines is 1. The summed E-state index contributed by atoms with van der Waals surface area (Å²) in [4.78, 5) is 14.0. The summed E-state index contributed by atoms with van der Waals surface area (Å²) in [5.74, 6) is -3.98. The normalized spacial score (nSPS) is 12.7. The minimum atomic E-state index is -4.84. The van der Waals surface area contributed by atoms with Crippen LogP contribution in [0.5, 0.6) is 5.75 Å². The molecule has 4 aromatic carbocycles. The molecule has 0 aliphatic rings. The van der Waals surface area contributed by atoms with Gasteiger partial charge in [0.15, 0.2) is 37.7 Å². The predicted octanol–water partition coefficient (Wildman–Crippen LogP) is 5.14.